The van der Waals surface area contributed by atoms with Crippen molar-refractivity contribution in [2.45, 2.75) is 38.6 Å². The number of pyridine rings is 1. The van der Waals surface area contributed by atoms with E-state index in [1.54, 1.807) is 28.8 Å². The number of hydrogen-bond donors (Lipinski definition) is 1. The number of hydrogen-bond acceptors (Lipinski definition) is 6. The average molecular weight is 581 g/mol. The topological polar surface area (TPSA) is 89.7 Å². The van der Waals surface area contributed by atoms with Crippen LogP contribution in [0.3, 0.4) is 0 Å². The highest BCUT2D eigenvalue weighted by Crippen LogP contribution is 2.28. The van der Waals surface area contributed by atoms with E-state index in [0.29, 0.717) is 54.0 Å². The van der Waals surface area contributed by atoms with Crippen LogP contribution in [0.15, 0.2) is 54.6 Å². The molecule has 41 heavy (non-hydrogen) atoms. The van der Waals surface area contributed by atoms with Crippen molar-refractivity contribution >= 4 is 34.2 Å². The lowest BCUT2D eigenvalue weighted by molar-refractivity contribution is -0.0592. The molecule has 0 saturated carbocycles. The van der Waals surface area contributed by atoms with Gasteiger partial charge in [-0.25, -0.2) is 23.5 Å². The van der Waals surface area contributed by atoms with E-state index in [0.717, 1.165) is 30.7 Å². The lowest BCUT2D eigenvalue weighted by atomic mass is 10.0. The Kier molecular flexibility index (Phi) is 7.70. The van der Waals surface area contributed by atoms with Gasteiger partial charge in [0, 0.05) is 36.3 Å². The second-order valence-corrected chi connectivity index (χ2v) is 10.6. The maximum Gasteiger partial charge on any atom is 0.338 e. The maximum absolute atomic E-state index is 15.3. The minimum atomic E-state index is -1.31. The third-order valence-corrected chi connectivity index (χ3v) is 7.67. The van der Waals surface area contributed by atoms with E-state index in [-0.39, 0.29) is 23.8 Å². The molecular formula is C30H27ClF2N4O4. The second-order valence-electron chi connectivity index (χ2n) is 10.1. The molecule has 0 bridgehead atoms. The van der Waals surface area contributed by atoms with Gasteiger partial charge >= 0.3 is 5.97 Å². The first-order valence-corrected chi connectivity index (χ1v) is 13.7. The Hall–Kier alpha value is -3.86. The third kappa shape index (κ3) is 5.81. The van der Waals surface area contributed by atoms with Gasteiger partial charge in [-0.05, 0) is 48.7 Å². The van der Waals surface area contributed by atoms with E-state index in [2.05, 4.69) is 20.9 Å². The summed E-state index contributed by atoms with van der Waals surface area (Å²) in [5, 5.41) is 9.75. The number of fused-ring (bicyclic) bond motifs is 1. The highest BCUT2D eigenvalue weighted by atomic mass is 35.5. The number of carboxylic acids is 1. The predicted octanol–water partition coefficient (Wildman–Crippen LogP) is 5.72. The van der Waals surface area contributed by atoms with Gasteiger partial charge in [0.15, 0.2) is 5.82 Å². The summed E-state index contributed by atoms with van der Waals surface area (Å²) in [5.41, 5.74) is 2.50. The molecule has 0 radical (unpaired) electrons. The van der Waals surface area contributed by atoms with Crippen LogP contribution < -0.4 is 4.74 Å². The summed E-state index contributed by atoms with van der Waals surface area (Å²) >= 11 is 5.83. The van der Waals surface area contributed by atoms with Crippen molar-refractivity contribution < 1.29 is 28.2 Å². The van der Waals surface area contributed by atoms with Crippen LogP contribution in [-0.2, 0) is 24.4 Å². The van der Waals surface area contributed by atoms with Crippen LogP contribution in [0, 0.1) is 11.6 Å². The first kappa shape index (κ1) is 27.3. The van der Waals surface area contributed by atoms with Gasteiger partial charge in [0.1, 0.15) is 23.8 Å². The Bertz CT molecular complexity index is 1650. The van der Waals surface area contributed by atoms with Gasteiger partial charge in [-0.15, -0.1) is 0 Å². The minimum Gasteiger partial charge on any atom is -0.478 e. The van der Waals surface area contributed by atoms with Crippen LogP contribution in [0.25, 0.3) is 16.6 Å². The summed E-state index contributed by atoms with van der Waals surface area (Å²) in [4.78, 5) is 23.0. The fourth-order valence-electron chi connectivity index (χ4n) is 5.10. The van der Waals surface area contributed by atoms with E-state index in [4.69, 9.17) is 21.1 Å². The van der Waals surface area contributed by atoms with Crippen LogP contribution in [0.4, 0.5) is 8.78 Å². The van der Waals surface area contributed by atoms with Crippen molar-refractivity contribution in [1.29, 1.82) is 0 Å². The van der Waals surface area contributed by atoms with Gasteiger partial charge in [0.05, 0.1) is 36.0 Å². The number of carbonyl (C=O) groups is 1. The molecule has 0 aliphatic carbocycles. The normalized spacial score (nSPS) is 17.3. The molecule has 0 amide bonds. The number of nitrogens with zero attached hydrogens (tertiary/aromatic N) is 4. The van der Waals surface area contributed by atoms with Crippen molar-refractivity contribution in [1.82, 2.24) is 19.4 Å². The molecule has 2 aromatic carbocycles. The molecule has 4 aromatic rings. The molecule has 1 saturated heterocycles. The Morgan fingerprint density at radius 3 is 2.73 bits per heavy atom. The molecule has 11 heteroatoms. The lowest BCUT2D eigenvalue weighted by Gasteiger charge is -2.29. The van der Waals surface area contributed by atoms with Crippen LogP contribution in [0.1, 0.15) is 40.3 Å². The largest absolute Gasteiger partial charge is 0.478 e. The van der Waals surface area contributed by atoms with E-state index in [1.807, 2.05) is 12.1 Å². The maximum atomic E-state index is 15.3. The molecule has 2 aliphatic rings. The van der Waals surface area contributed by atoms with Crippen LogP contribution in [0.2, 0.25) is 5.02 Å². The number of ether oxygens (including phenoxy) is 2. The molecule has 6 rings (SSSR count). The first-order chi connectivity index (χ1) is 19.9. The molecular weight excluding hydrogens is 554 g/mol. The van der Waals surface area contributed by atoms with Gasteiger partial charge in [-0.2, -0.15) is 0 Å². The smallest absolute Gasteiger partial charge is 0.338 e. The number of imidazole rings is 1. The van der Waals surface area contributed by atoms with E-state index in [9.17, 15) is 14.3 Å². The Balaban J connectivity index is 1.17. The molecule has 0 spiro atoms. The van der Waals surface area contributed by atoms with Crippen molar-refractivity contribution in [2.24, 2.45) is 0 Å². The highest BCUT2D eigenvalue weighted by molar-refractivity contribution is 6.30. The molecule has 8 nitrogen and oxygen atoms in total. The number of carboxylic acid groups (broad SMARTS) is 1. The summed E-state index contributed by atoms with van der Waals surface area (Å²) in [6.45, 7) is 2.93. The number of aromatic nitrogens is 3. The van der Waals surface area contributed by atoms with Crippen LogP contribution in [0.5, 0.6) is 5.88 Å². The molecule has 1 atom stereocenters. The molecule has 2 aliphatic heterocycles. The number of rotatable bonds is 9. The van der Waals surface area contributed by atoms with Crippen LogP contribution >= 0.6 is 11.6 Å². The second kappa shape index (κ2) is 11.6. The van der Waals surface area contributed by atoms with Crippen molar-refractivity contribution in [3.05, 3.63) is 93.9 Å². The van der Waals surface area contributed by atoms with E-state index < -0.39 is 17.6 Å². The standard InChI is InChI=1S/C30H27ClF2N4O4/c31-20-5-4-19(23(32)14-20)17-41-27-3-1-2-24(35-27)18-8-11-36(12-9-18)16-26-34-25-7-6-22(30(38)39)28(33)29(25)37(26)15-21-10-13-40-21/h1-8,14,21H,9-13,15-17H2,(H,38,39)/t21-/m0/s1. The summed E-state index contributed by atoms with van der Waals surface area (Å²) in [7, 11) is 0. The average Bonchev–Trinajstić information content (AvgIpc) is 3.28. The summed E-state index contributed by atoms with van der Waals surface area (Å²) in [6, 6.07) is 12.8. The van der Waals surface area contributed by atoms with Gasteiger partial charge in [0.2, 0.25) is 5.88 Å². The van der Waals surface area contributed by atoms with Crippen LogP contribution in [-0.4, -0.2) is 56.3 Å². The summed E-state index contributed by atoms with van der Waals surface area (Å²) < 4.78 is 42.5. The minimum absolute atomic E-state index is 0.0354. The monoisotopic (exact) mass is 580 g/mol. The fraction of sp³-hybridized carbons (Fsp3) is 0.300. The molecule has 212 valence electrons. The molecule has 1 N–H and O–H groups in total. The van der Waals surface area contributed by atoms with Gasteiger partial charge in [0.25, 0.3) is 0 Å². The van der Waals surface area contributed by atoms with Crippen molar-refractivity contribution in [3.63, 3.8) is 0 Å². The van der Waals surface area contributed by atoms with E-state index >= 15 is 4.39 Å². The molecule has 2 aromatic heterocycles. The predicted molar refractivity (Wildman–Crippen MR) is 149 cm³/mol. The number of benzene rings is 2. The third-order valence-electron chi connectivity index (χ3n) is 7.44. The lowest BCUT2D eigenvalue weighted by Crippen LogP contribution is -2.34. The Labute approximate surface area is 239 Å². The highest BCUT2D eigenvalue weighted by Gasteiger charge is 2.26. The zero-order chi connectivity index (χ0) is 28.5. The quantitative estimate of drug-likeness (QED) is 0.271. The van der Waals surface area contributed by atoms with Gasteiger partial charge in [-0.3, -0.25) is 4.90 Å². The Morgan fingerprint density at radius 1 is 1.17 bits per heavy atom. The van der Waals surface area contributed by atoms with Crippen molar-refractivity contribution in [3.8, 4) is 5.88 Å². The first-order valence-electron chi connectivity index (χ1n) is 13.3. The SMILES string of the molecule is O=C(O)c1ccc2nc(CN3CC=C(c4cccc(OCc5ccc(Cl)cc5F)n4)CC3)n(C[C@@H]3CCO3)c2c1F. The summed E-state index contributed by atoms with van der Waals surface area (Å²) in [6.07, 6.45) is 3.63. The zero-order valence-corrected chi connectivity index (χ0v) is 22.8. The number of aromatic carboxylic acids is 1. The van der Waals surface area contributed by atoms with E-state index in [1.165, 1.54) is 12.1 Å². The zero-order valence-electron chi connectivity index (χ0n) is 22.0. The fourth-order valence-corrected chi connectivity index (χ4v) is 5.26. The Morgan fingerprint density at radius 2 is 2.02 bits per heavy atom. The summed E-state index contributed by atoms with van der Waals surface area (Å²) in [5.74, 6) is -1.46. The molecule has 1 fully saturated rings. The van der Waals surface area contributed by atoms with Crippen molar-refractivity contribution in [2.75, 3.05) is 19.7 Å². The molecule has 0 unspecified atom stereocenters. The molecule has 4 heterocycles. The van der Waals surface area contributed by atoms with Gasteiger partial charge in [-0.1, -0.05) is 29.8 Å². The number of halogens is 3. The van der Waals surface area contributed by atoms with Gasteiger partial charge < -0.3 is 19.1 Å².